The third-order valence-corrected chi connectivity index (χ3v) is 1.57. The Kier molecular flexibility index (Phi) is 3.52. The van der Waals surface area contributed by atoms with Gasteiger partial charge >= 0.3 is 0 Å². The summed E-state index contributed by atoms with van der Waals surface area (Å²) in [6, 6.07) is 0. The van der Waals surface area contributed by atoms with Gasteiger partial charge in [0.05, 0.1) is 6.17 Å². The summed E-state index contributed by atoms with van der Waals surface area (Å²) in [5, 5.41) is 2.71. The Morgan fingerprint density at radius 1 is 1.55 bits per heavy atom. The molecule has 11 heavy (non-hydrogen) atoms. The van der Waals surface area contributed by atoms with Gasteiger partial charge in [-0.05, 0) is 5.41 Å². The highest BCUT2D eigenvalue weighted by Gasteiger charge is 2.21. The van der Waals surface area contributed by atoms with Crippen LogP contribution in [0, 0.1) is 5.41 Å². The van der Waals surface area contributed by atoms with Gasteiger partial charge in [0.2, 0.25) is 5.91 Å². The maximum atomic E-state index is 10.9. The minimum absolute atomic E-state index is 0.00688. The highest BCUT2D eigenvalue weighted by atomic mass is 16.1. The summed E-state index contributed by atoms with van der Waals surface area (Å²) in [6.07, 6.45) is 0.235. The SMILES string of the molecule is CCC(=O)N[C@H](N)C(C)(C)C. The zero-order valence-corrected chi connectivity index (χ0v) is 7.77. The normalized spacial score (nSPS) is 14.3. The van der Waals surface area contributed by atoms with Crippen molar-refractivity contribution in [2.75, 3.05) is 0 Å². The van der Waals surface area contributed by atoms with Gasteiger partial charge < -0.3 is 11.1 Å². The number of nitrogens with two attached hydrogens (primary N) is 1. The number of hydrogen-bond donors (Lipinski definition) is 2. The molecule has 1 atom stereocenters. The van der Waals surface area contributed by atoms with E-state index in [0.29, 0.717) is 6.42 Å². The van der Waals surface area contributed by atoms with E-state index < -0.39 is 0 Å². The van der Waals surface area contributed by atoms with Crippen LogP contribution >= 0.6 is 0 Å². The van der Waals surface area contributed by atoms with Crippen molar-refractivity contribution in [1.82, 2.24) is 5.32 Å². The number of nitrogens with one attached hydrogen (secondary N) is 1. The number of rotatable bonds is 2. The van der Waals surface area contributed by atoms with Crippen molar-refractivity contribution in [1.29, 1.82) is 0 Å². The number of carbonyl (C=O) groups is 1. The molecule has 0 rings (SSSR count). The summed E-state index contributed by atoms with van der Waals surface area (Å²) in [5.41, 5.74) is 5.63. The van der Waals surface area contributed by atoms with Crippen LogP contribution in [0.3, 0.4) is 0 Å². The first-order chi connectivity index (χ1) is 4.88. The summed E-state index contributed by atoms with van der Waals surface area (Å²) < 4.78 is 0. The Bertz CT molecular complexity index is 138. The van der Waals surface area contributed by atoms with Gasteiger partial charge in [0.25, 0.3) is 0 Å². The van der Waals surface area contributed by atoms with Crippen LogP contribution in [0.4, 0.5) is 0 Å². The van der Waals surface area contributed by atoms with Crippen LogP contribution in [0.1, 0.15) is 34.1 Å². The molecule has 0 radical (unpaired) electrons. The number of hydrogen-bond acceptors (Lipinski definition) is 2. The number of amides is 1. The fourth-order valence-electron chi connectivity index (χ4n) is 0.492. The zero-order chi connectivity index (χ0) is 9.07. The van der Waals surface area contributed by atoms with Gasteiger partial charge in [0, 0.05) is 6.42 Å². The maximum absolute atomic E-state index is 10.9. The fraction of sp³-hybridized carbons (Fsp3) is 0.875. The molecule has 0 unspecified atom stereocenters. The van der Waals surface area contributed by atoms with Gasteiger partial charge in [-0.3, -0.25) is 4.79 Å². The Labute approximate surface area is 68.3 Å². The van der Waals surface area contributed by atoms with E-state index in [9.17, 15) is 4.79 Å². The van der Waals surface area contributed by atoms with Crippen LogP contribution in [0.5, 0.6) is 0 Å². The lowest BCUT2D eigenvalue weighted by molar-refractivity contribution is -0.122. The Balaban J connectivity index is 3.87. The molecule has 0 saturated heterocycles. The maximum Gasteiger partial charge on any atom is 0.220 e. The fourth-order valence-corrected chi connectivity index (χ4v) is 0.492. The second-order valence-corrected chi connectivity index (χ2v) is 3.76. The minimum Gasteiger partial charge on any atom is -0.340 e. The van der Waals surface area contributed by atoms with Crippen LogP contribution in [0.25, 0.3) is 0 Å². The molecule has 0 fully saturated rings. The van der Waals surface area contributed by atoms with Crippen LogP contribution in [0.2, 0.25) is 0 Å². The molecular formula is C8H18N2O. The van der Waals surface area contributed by atoms with E-state index in [-0.39, 0.29) is 17.5 Å². The van der Waals surface area contributed by atoms with Crippen LogP contribution in [0.15, 0.2) is 0 Å². The third kappa shape index (κ3) is 3.98. The van der Waals surface area contributed by atoms with Gasteiger partial charge in [-0.15, -0.1) is 0 Å². The van der Waals surface area contributed by atoms with Crippen LogP contribution in [-0.4, -0.2) is 12.1 Å². The average molecular weight is 158 g/mol. The Morgan fingerprint density at radius 3 is 2.27 bits per heavy atom. The molecule has 0 spiro atoms. The molecule has 0 aliphatic heterocycles. The van der Waals surface area contributed by atoms with Crippen molar-refractivity contribution in [2.45, 2.75) is 40.3 Å². The molecular weight excluding hydrogens is 140 g/mol. The zero-order valence-electron chi connectivity index (χ0n) is 7.77. The molecule has 0 aromatic heterocycles. The van der Waals surface area contributed by atoms with Gasteiger partial charge in [-0.1, -0.05) is 27.7 Å². The van der Waals surface area contributed by atoms with E-state index in [2.05, 4.69) is 5.32 Å². The Morgan fingerprint density at radius 2 is 2.00 bits per heavy atom. The highest BCUT2D eigenvalue weighted by molar-refractivity contribution is 5.75. The van der Waals surface area contributed by atoms with Gasteiger partial charge in [-0.2, -0.15) is 0 Å². The molecule has 0 bridgehead atoms. The largest absolute Gasteiger partial charge is 0.340 e. The van der Waals surface area contributed by atoms with Gasteiger partial charge in [0.15, 0.2) is 0 Å². The van der Waals surface area contributed by atoms with E-state index in [1.54, 1.807) is 0 Å². The standard InChI is InChI=1S/C8H18N2O/c1-5-6(11)10-7(9)8(2,3)4/h7H,5,9H2,1-4H3,(H,10,11)/t7-/m0/s1. The highest BCUT2D eigenvalue weighted by Crippen LogP contribution is 2.14. The molecule has 0 aliphatic carbocycles. The first kappa shape index (κ1) is 10.4. The molecule has 0 saturated carbocycles. The second kappa shape index (κ2) is 3.72. The quantitative estimate of drug-likeness (QED) is 0.585. The Hall–Kier alpha value is -0.570. The molecule has 0 aliphatic rings. The van der Waals surface area contributed by atoms with Crippen LogP contribution in [-0.2, 0) is 4.79 Å². The molecule has 0 aromatic carbocycles. The summed E-state index contributed by atoms with van der Waals surface area (Å²) in [6.45, 7) is 7.79. The van der Waals surface area contributed by atoms with Crippen molar-refractivity contribution < 1.29 is 4.79 Å². The lowest BCUT2D eigenvalue weighted by Gasteiger charge is -2.27. The first-order valence-electron chi connectivity index (χ1n) is 3.93. The predicted octanol–water partition coefficient (Wildman–Crippen LogP) is 0.843. The smallest absolute Gasteiger partial charge is 0.220 e. The van der Waals surface area contributed by atoms with E-state index in [0.717, 1.165) is 0 Å². The third-order valence-electron chi connectivity index (χ3n) is 1.57. The topological polar surface area (TPSA) is 55.1 Å². The molecule has 3 heteroatoms. The first-order valence-corrected chi connectivity index (χ1v) is 3.93. The summed E-state index contributed by atoms with van der Waals surface area (Å²) >= 11 is 0. The monoisotopic (exact) mass is 158 g/mol. The van der Waals surface area contributed by atoms with Crippen LogP contribution < -0.4 is 11.1 Å². The molecule has 0 aromatic rings. The van der Waals surface area contributed by atoms with Crippen molar-refractivity contribution in [3.8, 4) is 0 Å². The van der Waals surface area contributed by atoms with Crippen molar-refractivity contribution in [3.63, 3.8) is 0 Å². The average Bonchev–Trinajstić information content (AvgIpc) is 1.85. The second-order valence-electron chi connectivity index (χ2n) is 3.76. The van der Waals surface area contributed by atoms with Crippen molar-refractivity contribution in [3.05, 3.63) is 0 Å². The lowest BCUT2D eigenvalue weighted by atomic mass is 9.93. The van der Waals surface area contributed by atoms with E-state index in [4.69, 9.17) is 5.73 Å². The van der Waals surface area contributed by atoms with Gasteiger partial charge in [0.1, 0.15) is 0 Å². The van der Waals surface area contributed by atoms with E-state index >= 15 is 0 Å². The minimum atomic E-state index is -0.255. The summed E-state index contributed by atoms with van der Waals surface area (Å²) in [4.78, 5) is 10.9. The summed E-state index contributed by atoms with van der Waals surface area (Å²) in [5.74, 6) is 0.00688. The van der Waals surface area contributed by atoms with E-state index in [1.165, 1.54) is 0 Å². The van der Waals surface area contributed by atoms with Crippen molar-refractivity contribution >= 4 is 5.91 Å². The molecule has 3 nitrogen and oxygen atoms in total. The molecule has 3 N–H and O–H groups in total. The molecule has 1 amide bonds. The van der Waals surface area contributed by atoms with E-state index in [1.807, 2.05) is 27.7 Å². The van der Waals surface area contributed by atoms with Crippen molar-refractivity contribution in [2.24, 2.45) is 11.1 Å². The predicted molar refractivity (Wildman–Crippen MR) is 45.9 cm³/mol. The molecule has 0 heterocycles. The summed E-state index contributed by atoms with van der Waals surface area (Å²) in [7, 11) is 0. The number of carbonyl (C=O) groups excluding carboxylic acids is 1. The van der Waals surface area contributed by atoms with Gasteiger partial charge in [-0.25, -0.2) is 0 Å². The lowest BCUT2D eigenvalue weighted by Crippen LogP contribution is -2.49. The molecule has 66 valence electrons.